The maximum absolute atomic E-state index is 10.7. The Morgan fingerprint density at radius 1 is 1.31 bits per heavy atom. The molecule has 0 saturated heterocycles. The van der Waals surface area contributed by atoms with E-state index in [1.165, 1.54) is 7.11 Å². The second kappa shape index (κ2) is 5.18. The van der Waals surface area contributed by atoms with Gasteiger partial charge in [0, 0.05) is 0 Å². The lowest BCUT2D eigenvalue weighted by atomic mass is 10.2. The summed E-state index contributed by atoms with van der Waals surface area (Å²) in [5, 5.41) is 4.86. The molecule has 5 nitrogen and oxygen atoms in total. The average molecular weight is 245 g/mol. The predicted molar refractivity (Wildman–Crippen MR) is 61.2 cm³/mol. The normalized spacial score (nSPS) is 11.2. The highest BCUT2D eigenvalue weighted by Crippen LogP contribution is 2.27. The minimum atomic E-state index is -3.49. The molecule has 0 saturated carbocycles. The lowest BCUT2D eigenvalue weighted by Crippen LogP contribution is -2.21. The van der Waals surface area contributed by atoms with Gasteiger partial charge in [-0.1, -0.05) is 6.07 Å². The molecule has 0 aliphatic heterocycles. The average Bonchev–Trinajstić information content (AvgIpc) is 2.18. The summed E-state index contributed by atoms with van der Waals surface area (Å²) in [6.07, 6.45) is 0. The van der Waals surface area contributed by atoms with E-state index in [4.69, 9.17) is 14.6 Å². The molecule has 0 aliphatic rings. The van der Waals surface area contributed by atoms with Crippen LogP contribution >= 0.6 is 0 Å². The smallest absolute Gasteiger partial charge is 0.212 e. The fourth-order valence-corrected chi connectivity index (χ4v) is 1.48. The first-order valence-corrected chi connectivity index (χ1v) is 6.42. The van der Waals surface area contributed by atoms with Crippen LogP contribution in [0, 0.1) is 6.92 Å². The van der Waals surface area contributed by atoms with Crippen LogP contribution in [-0.2, 0) is 10.0 Å². The van der Waals surface area contributed by atoms with Crippen molar-refractivity contribution in [2.75, 3.05) is 19.5 Å². The summed E-state index contributed by atoms with van der Waals surface area (Å²) >= 11 is 0. The first kappa shape index (κ1) is 12.8. The van der Waals surface area contributed by atoms with Gasteiger partial charge < -0.3 is 9.47 Å². The Hall–Kier alpha value is -1.27. The molecule has 1 aromatic rings. The van der Waals surface area contributed by atoms with Gasteiger partial charge in [0.1, 0.15) is 6.61 Å². The Bertz CT molecular complexity index is 456. The van der Waals surface area contributed by atoms with Gasteiger partial charge >= 0.3 is 0 Å². The number of ether oxygens (including phenoxy) is 2. The Morgan fingerprint density at radius 3 is 2.56 bits per heavy atom. The highest BCUT2D eigenvalue weighted by molar-refractivity contribution is 7.89. The van der Waals surface area contributed by atoms with Crippen molar-refractivity contribution in [2.24, 2.45) is 5.14 Å². The van der Waals surface area contributed by atoms with Crippen molar-refractivity contribution in [3.05, 3.63) is 23.8 Å². The minimum absolute atomic E-state index is 0.0122. The van der Waals surface area contributed by atoms with Gasteiger partial charge in [-0.05, 0) is 24.6 Å². The molecule has 0 bridgehead atoms. The topological polar surface area (TPSA) is 78.6 Å². The Balaban J connectivity index is 2.67. The quantitative estimate of drug-likeness (QED) is 0.827. The van der Waals surface area contributed by atoms with Crippen molar-refractivity contribution in [1.29, 1.82) is 0 Å². The first-order chi connectivity index (χ1) is 7.42. The summed E-state index contributed by atoms with van der Waals surface area (Å²) in [5.41, 5.74) is 1.04. The van der Waals surface area contributed by atoms with Crippen LogP contribution in [0.15, 0.2) is 18.2 Å². The summed E-state index contributed by atoms with van der Waals surface area (Å²) < 4.78 is 31.8. The standard InChI is InChI=1S/C10H15NO4S/c1-8-3-4-9(10(7-8)14-2)15-5-6-16(11,12)13/h3-4,7H,5-6H2,1-2H3,(H2,11,12,13). The van der Waals surface area contributed by atoms with E-state index >= 15 is 0 Å². The zero-order valence-corrected chi connectivity index (χ0v) is 10.1. The number of hydrogen-bond acceptors (Lipinski definition) is 4. The number of nitrogens with two attached hydrogens (primary N) is 1. The Kier molecular flexibility index (Phi) is 4.14. The van der Waals surface area contributed by atoms with Crippen molar-refractivity contribution in [3.63, 3.8) is 0 Å². The third-order valence-electron chi connectivity index (χ3n) is 1.94. The molecule has 1 aromatic carbocycles. The summed E-state index contributed by atoms with van der Waals surface area (Å²) in [5.74, 6) is 0.871. The van der Waals surface area contributed by atoms with Crippen molar-refractivity contribution < 1.29 is 17.9 Å². The molecular formula is C10H15NO4S. The van der Waals surface area contributed by atoms with Crippen LogP contribution in [0.4, 0.5) is 0 Å². The largest absolute Gasteiger partial charge is 0.493 e. The molecule has 16 heavy (non-hydrogen) atoms. The number of methoxy groups -OCH3 is 1. The molecule has 0 amide bonds. The van der Waals surface area contributed by atoms with E-state index in [1.807, 2.05) is 19.1 Å². The molecule has 0 aromatic heterocycles. The number of primary sulfonamides is 1. The van der Waals surface area contributed by atoms with Crippen LogP contribution in [0.2, 0.25) is 0 Å². The van der Waals surface area contributed by atoms with Crippen LogP contribution in [0.5, 0.6) is 11.5 Å². The molecule has 0 unspecified atom stereocenters. The van der Waals surface area contributed by atoms with Crippen molar-refractivity contribution in [3.8, 4) is 11.5 Å². The number of aryl methyl sites for hydroxylation is 1. The summed E-state index contributed by atoms with van der Waals surface area (Å²) in [6, 6.07) is 5.40. The molecule has 1 rings (SSSR count). The van der Waals surface area contributed by atoms with E-state index in [0.717, 1.165) is 5.56 Å². The Labute approximate surface area is 95.2 Å². The fraction of sp³-hybridized carbons (Fsp3) is 0.400. The zero-order valence-electron chi connectivity index (χ0n) is 9.26. The van der Waals surface area contributed by atoms with Gasteiger partial charge in [-0.3, -0.25) is 0 Å². The SMILES string of the molecule is COc1cc(C)ccc1OCCS(N)(=O)=O. The van der Waals surface area contributed by atoms with Gasteiger partial charge in [0.05, 0.1) is 12.9 Å². The maximum Gasteiger partial charge on any atom is 0.212 e. The van der Waals surface area contributed by atoms with E-state index in [2.05, 4.69) is 0 Å². The third-order valence-corrected chi connectivity index (χ3v) is 2.68. The lowest BCUT2D eigenvalue weighted by molar-refractivity contribution is 0.311. The van der Waals surface area contributed by atoms with Crippen molar-refractivity contribution in [1.82, 2.24) is 0 Å². The molecule has 0 spiro atoms. The molecule has 0 heterocycles. The van der Waals surface area contributed by atoms with Gasteiger partial charge in [-0.15, -0.1) is 0 Å². The monoisotopic (exact) mass is 245 g/mol. The molecular weight excluding hydrogens is 230 g/mol. The summed E-state index contributed by atoms with van der Waals surface area (Å²) in [4.78, 5) is 0. The zero-order chi connectivity index (χ0) is 12.2. The van der Waals surface area contributed by atoms with E-state index in [-0.39, 0.29) is 12.4 Å². The molecule has 6 heteroatoms. The number of sulfonamides is 1. The number of benzene rings is 1. The maximum atomic E-state index is 10.7. The van der Waals surface area contributed by atoms with Gasteiger partial charge in [0.2, 0.25) is 10.0 Å². The van der Waals surface area contributed by atoms with Crippen molar-refractivity contribution in [2.45, 2.75) is 6.92 Å². The van der Waals surface area contributed by atoms with Gasteiger partial charge in [0.25, 0.3) is 0 Å². The van der Waals surface area contributed by atoms with E-state index < -0.39 is 10.0 Å². The second-order valence-corrected chi connectivity index (χ2v) is 5.10. The number of rotatable bonds is 5. The van der Waals surface area contributed by atoms with Crippen LogP contribution < -0.4 is 14.6 Å². The molecule has 90 valence electrons. The van der Waals surface area contributed by atoms with E-state index in [1.54, 1.807) is 6.07 Å². The van der Waals surface area contributed by atoms with Gasteiger partial charge in [-0.2, -0.15) is 0 Å². The molecule has 0 fully saturated rings. The summed E-state index contributed by atoms with van der Waals surface area (Å²) in [6.45, 7) is 1.94. The molecule has 2 N–H and O–H groups in total. The van der Waals surface area contributed by atoms with Crippen LogP contribution in [0.3, 0.4) is 0 Å². The van der Waals surface area contributed by atoms with Crippen LogP contribution in [-0.4, -0.2) is 27.9 Å². The van der Waals surface area contributed by atoms with Gasteiger partial charge in [0.15, 0.2) is 11.5 Å². The third kappa shape index (κ3) is 4.08. The first-order valence-electron chi connectivity index (χ1n) is 4.70. The minimum Gasteiger partial charge on any atom is -0.493 e. The number of hydrogen-bond donors (Lipinski definition) is 1. The fourth-order valence-electron chi connectivity index (χ4n) is 1.16. The molecule has 0 aliphatic carbocycles. The lowest BCUT2D eigenvalue weighted by Gasteiger charge is -2.10. The van der Waals surface area contributed by atoms with Crippen molar-refractivity contribution >= 4 is 10.0 Å². The second-order valence-electron chi connectivity index (χ2n) is 3.37. The molecule has 0 radical (unpaired) electrons. The van der Waals surface area contributed by atoms with Crippen LogP contribution in [0.25, 0.3) is 0 Å². The van der Waals surface area contributed by atoms with E-state index in [0.29, 0.717) is 11.5 Å². The summed E-state index contributed by atoms with van der Waals surface area (Å²) in [7, 11) is -1.96. The van der Waals surface area contributed by atoms with Gasteiger partial charge in [-0.25, -0.2) is 13.6 Å². The highest BCUT2D eigenvalue weighted by atomic mass is 32.2. The van der Waals surface area contributed by atoms with Crippen LogP contribution in [0.1, 0.15) is 5.56 Å². The molecule has 0 atom stereocenters. The predicted octanol–water partition coefficient (Wildman–Crippen LogP) is 0.671. The highest BCUT2D eigenvalue weighted by Gasteiger charge is 2.07. The Morgan fingerprint density at radius 2 is 2.00 bits per heavy atom. The van der Waals surface area contributed by atoms with E-state index in [9.17, 15) is 8.42 Å².